The molecule has 1 aliphatic carbocycles. The van der Waals surface area contributed by atoms with E-state index in [1.54, 1.807) is 18.7 Å². The number of hydrogen-bond acceptors (Lipinski definition) is 6. The molecule has 0 unspecified atom stereocenters. The van der Waals surface area contributed by atoms with E-state index in [0.29, 0.717) is 18.5 Å². The second-order valence-corrected chi connectivity index (χ2v) is 6.26. The molecule has 2 N–H and O–H groups in total. The van der Waals surface area contributed by atoms with Crippen molar-refractivity contribution in [2.45, 2.75) is 38.3 Å². The summed E-state index contributed by atoms with van der Waals surface area (Å²) >= 11 is 0. The Labute approximate surface area is 146 Å². The van der Waals surface area contributed by atoms with Gasteiger partial charge in [-0.1, -0.05) is 12.8 Å². The van der Waals surface area contributed by atoms with Gasteiger partial charge in [0.1, 0.15) is 11.6 Å². The van der Waals surface area contributed by atoms with E-state index < -0.39 is 0 Å². The molecule has 1 saturated carbocycles. The quantitative estimate of drug-likeness (QED) is 0.706. The van der Waals surface area contributed by atoms with Crippen molar-refractivity contribution in [1.82, 2.24) is 15.0 Å². The minimum absolute atomic E-state index is 0.464. The number of rotatable bonds is 6. The zero-order valence-corrected chi connectivity index (χ0v) is 14.0. The number of hydrogen-bond donors (Lipinski definition) is 2. The highest BCUT2D eigenvalue weighted by atomic mass is 16.3. The third-order valence-electron chi connectivity index (χ3n) is 4.41. The van der Waals surface area contributed by atoms with Crippen LogP contribution in [0.5, 0.6) is 0 Å². The Hall–Kier alpha value is -2.89. The van der Waals surface area contributed by atoms with Crippen LogP contribution in [0.15, 0.2) is 53.4 Å². The average Bonchev–Trinajstić information content (AvgIpc) is 3.34. The van der Waals surface area contributed by atoms with Gasteiger partial charge < -0.3 is 15.1 Å². The van der Waals surface area contributed by atoms with E-state index in [1.165, 1.54) is 25.7 Å². The van der Waals surface area contributed by atoms with Crippen LogP contribution in [0.4, 0.5) is 11.8 Å². The molecule has 128 valence electrons. The first-order valence-electron chi connectivity index (χ1n) is 8.69. The summed E-state index contributed by atoms with van der Waals surface area (Å²) in [5, 5.41) is 6.81. The standard InChI is InChI=1S/C19H21N5O/c1-2-5-15(4-1)22-19-23-17(14-7-9-20-10-8-14)12-18(24-19)21-13-16-6-3-11-25-16/h3,6-12,15H,1-2,4-5,13H2,(H2,21,22,23,24). The van der Waals surface area contributed by atoms with Gasteiger partial charge in [0.25, 0.3) is 0 Å². The monoisotopic (exact) mass is 335 g/mol. The maximum absolute atomic E-state index is 5.38. The smallest absolute Gasteiger partial charge is 0.225 e. The van der Waals surface area contributed by atoms with Crippen LogP contribution in [-0.4, -0.2) is 21.0 Å². The first kappa shape index (κ1) is 15.6. The normalized spacial score (nSPS) is 14.6. The number of anilines is 2. The van der Waals surface area contributed by atoms with E-state index >= 15 is 0 Å². The lowest BCUT2D eigenvalue weighted by Gasteiger charge is -2.14. The van der Waals surface area contributed by atoms with Gasteiger partial charge in [-0.15, -0.1) is 0 Å². The highest BCUT2D eigenvalue weighted by Crippen LogP contribution is 2.25. The summed E-state index contributed by atoms with van der Waals surface area (Å²) in [6.07, 6.45) is 10.1. The summed E-state index contributed by atoms with van der Waals surface area (Å²) in [6.45, 7) is 0.586. The van der Waals surface area contributed by atoms with Crippen LogP contribution in [0.25, 0.3) is 11.3 Å². The Morgan fingerprint density at radius 1 is 1.08 bits per heavy atom. The fraction of sp³-hybridized carbons (Fsp3) is 0.316. The van der Waals surface area contributed by atoms with Gasteiger partial charge in [-0.2, -0.15) is 4.98 Å². The third kappa shape index (κ3) is 3.96. The lowest BCUT2D eigenvalue weighted by atomic mass is 10.2. The topological polar surface area (TPSA) is 75.9 Å². The van der Waals surface area contributed by atoms with Gasteiger partial charge in [-0.3, -0.25) is 4.98 Å². The molecule has 3 aromatic heterocycles. The highest BCUT2D eigenvalue weighted by molar-refractivity contribution is 5.64. The van der Waals surface area contributed by atoms with Crippen LogP contribution in [0.2, 0.25) is 0 Å². The molecular weight excluding hydrogens is 314 g/mol. The first-order valence-corrected chi connectivity index (χ1v) is 8.69. The summed E-state index contributed by atoms with van der Waals surface area (Å²) < 4.78 is 5.38. The summed E-state index contributed by atoms with van der Waals surface area (Å²) in [6, 6.07) is 10.2. The Bertz CT molecular complexity index is 798. The van der Waals surface area contributed by atoms with Crippen LogP contribution in [0.1, 0.15) is 31.4 Å². The van der Waals surface area contributed by atoms with E-state index in [2.05, 4.69) is 20.6 Å². The average molecular weight is 335 g/mol. The van der Waals surface area contributed by atoms with Crippen molar-refractivity contribution in [3.63, 3.8) is 0 Å². The molecule has 0 aromatic carbocycles. The van der Waals surface area contributed by atoms with Crippen LogP contribution in [0.3, 0.4) is 0 Å². The van der Waals surface area contributed by atoms with E-state index in [0.717, 1.165) is 22.8 Å². The summed E-state index contributed by atoms with van der Waals surface area (Å²) in [4.78, 5) is 13.4. The zero-order valence-electron chi connectivity index (χ0n) is 14.0. The Kier molecular flexibility index (Phi) is 4.59. The summed E-state index contributed by atoms with van der Waals surface area (Å²) in [5.74, 6) is 2.32. The summed E-state index contributed by atoms with van der Waals surface area (Å²) in [7, 11) is 0. The lowest BCUT2D eigenvalue weighted by Crippen LogP contribution is -2.17. The molecule has 3 aromatic rings. The fourth-order valence-electron chi connectivity index (χ4n) is 3.12. The number of aromatic nitrogens is 3. The van der Waals surface area contributed by atoms with Gasteiger partial charge in [-0.05, 0) is 37.1 Å². The molecule has 0 spiro atoms. The lowest BCUT2D eigenvalue weighted by molar-refractivity contribution is 0.518. The van der Waals surface area contributed by atoms with Crippen molar-refractivity contribution in [3.05, 3.63) is 54.7 Å². The van der Waals surface area contributed by atoms with Gasteiger partial charge in [0.2, 0.25) is 5.95 Å². The molecule has 6 heteroatoms. The predicted octanol–water partition coefficient (Wildman–Crippen LogP) is 4.10. The third-order valence-corrected chi connectivity index (χ3v) is 4.41. The minimum atomic E-state index is 0.464. The molecule has 6 nitrogen and oxygen atoms in total. The van der Waals surface area contributed by atoms with Crippen molar-refractivity contribution in [1.29, 1.82) is 0 Å². The largest absolute Gasteiger partial charge is 0.467 e. The second kappa shape index (κ2) is 7.34. The molecule has 1 aliphatic rings. The Morgan fingerprint density at radius 3 is 2.68 bits per heavy atom. The Morgan fingerprint density at radius 2 is 1.92 bits per heavy atom. The van der Waals surface area contributed by atoms with Crippen molar-refractivity contribution in [2.24, 2.45) is 0 Å². The van der Waals surface area contributed by atoms with Gasteiger partial charge in [0.15, 0.2) is 0 Å². The first-order chi connectivity index (χ1) is 12.4. The maximum atomic E-state index is 5.38. The molecular formula is C19H21N5O. The van der Waals surface area contributed by atoms with Crippen LogP contribution in [0, 0.1) is 0 Å². The molecule has 0 aliphatic heterocycles. The fourth-order valence-corrected chi connectivity index (χ4v) is 3.12. The number of nitrogens with one attached hydrogen (secondary N) is 2. The van der Waals surface area contributed by atoms with Crippen LogP contribution in [-0.2, 0) is 6.54 Å². The molecule has 3 heterocycles. The van der Waals surface area contributed by atoms with Crippen molar-refractivity contribution >= 4 is 11.8 Å². The molecule has 25 heavy (non-hydrogen) atoms. The highest BCUT2D eigenvalue weighted by Gasteiger charge is 2.16. The minimum Gasteiger partial charge on any atom is -0.467 e. The predicted molar refractivity (Wildman–Crippen MR) is 97.2 cm³/mol. The number of furan rings is 1. The van der Waals surface area contributed by atoms with E-state index in [-0.39, 0.29) is 0 Å². The molecule has 0 atom stereocenters. The van der Waals surface area contributed by atoms with Crippen molar-refractivity contribution in [3.8, 4) is 11.3 Å². The maximum Gasteiger partial charge on any atom is 0.225 e. The Balaban J connectivity index is 1.59. The van der Waals surface area contributed by atoms with Gasteiger partial charge in [0, 0.05) is 30.1 Å². The number of nitrogens with zero attached hydrogens (tertiary/aromatic N) is 3. The van der Waals surface area contributed by atoms with Gasteiger partial charge >= 0.3 is 0 Å². The molecule has 4 rings (SSSR count). The SMILES string of the molecule is c1coc(CNc2cc(-c3ccncc3)nc(NC3CCCC3)n2)c1. The van der Waals surface area contributed by atoms with Crippen LogP contribution >= 0.6 is 0 Å². The van der Waals surface area contributed by atoms with Gasteiger partial charge in [0.05, 0.1) is 18.5 Å². The zero-order chi connectivity index (χ0) is 16.9. The van der Waals surface area contributed by atoms with Crippen molar-refractivity contribution < 1.29 is 4.42 Å². The molecule has 0 amide bonds. The van der Waals surface area contributed by atoms with Crippen molar-refractivity contribution in [2.75, 3.05) is 10.6 Å². The number of pyridine rings is 1. The van der Waals surface area contributed by atoms with Crippen LogP contribution < -0.4 is 10.6 Å². The van der Waals surface area contributed by atoms with E-state index in [4.69, 9.17) is 9.40 Å². The van der Waals surface area contributed by atoms with E-state index in [1.807, 2.05) is 30.3 Å². The summed E-state index contributed by atoms with van der Waals surface area (Å²) in [5.41, 5.74) is 1.90. The molecule has 0 bridgehead atoms. The molecule has 0 saturated heterocycles. The molecule has 1 fully saturated rings. The van der Waals surface area contributed by atoms with Gasteiger partial charge in [-0.25, -0.2) is 4.98 Å². The van der Waals surface area contributed by atoms with E-state index in [9.17, 15) is 0 Å². The molecule has 0 radical (unpaired) electrons. The second-order valence-electron chi connectivity index (χ2n) is 6.26.